The molecule has 0 saturated carbocycles. The number of nitrogens with one attached hydrogen (secondary N) is 2. The minimum atomic E-state index is -0.328. The lowest BCUT2D eigenvalue weighted by atomic mass is 10.1. The number of anilines is 3. The van der Waals surface area contributed by atoms with E-state index >= 15 is 0 Å². The van der Waals surface area contributed by atoms with Gasteiger partial charge in [0.2, 0.25) is 5.95 Å². The van der Waals surface area contributed by atoms with Gasteiger partial charge in [0.1, 0.15) is 11.5 Å². The third-order valence-electron chi connectivity index (χ3n) is 4.56. The summed E-state index contributed by atoms with van der Waals surface area (Å²) >= 11 is 0. The van der Waals surface area contributed by atoms with Gasteiger partial charge in [-0.15, -0.1) is 10.2 Å². The van der Waals surface area contributed by atoms with Crippen LogP contribution in [0.1, 0.15) is 11.3 Å². The molecule has 7 nitrogen and oxygen atoms in total. The van der Waals surface area contributed by atoms with Crippen LogP contribution in [0.25, 0.3) is 0 Å². The topological polar surface area (TPSA) is 83.1 Å². The van der Waals surface area contributed by atoms with Crippen molar-refractivity contribution >= 4 is 17.3 Å². The van der Waals surface area contributed by atoms with E-state index in [0.717, 1.165) is 30.0 Å². The molecule has 0 spiro atoms. The monoisotopic (exact) mass is 381 g/mol. The Morgan fingerprint density at radius 1 is 1.07 bits per heavy atom. The van der Waals surface area contributed by atoms with Crippen LogP contribution >= 0.6 is 0 Å². The van der Waals surface area contributed by atoms with Crippen LogP contribution in [0.2, 0.25) is 0 Å². The summed E-state index contributed by atoms with van der Waals surface area (Å²) in [5.74, 6) is -0.0456. The molecule has 28 heavy (non-hydrogen) atoms. The molecule has 3 aromatic rings. The minimum absolute atomic E-state index is 0.272. The van der Waals surface area contributed by atoms with Gasteiger partial charge in [-0.3, -0.25) is 9.78 Å². The van der Waals surface area contributed by atoms with Gasteiger partial charge in [-0.2, -0.15) is 0 Å². The molecule has 2 aromatic carbocycles. The molecule has 1 saturated heterocycles. The summed E-state index contributed by atoms with van der Waals surface area (Å²) in [5, 5.41) is 11.3. The fraction of sp³-hybridized carbons (Fsp3) is 0.250. The summed E-state index contributed by atoms with van der Waals surface area (Å²) < 4.78 is 18.4. The van der Waals surface area contributed by atoms with Crippen molar-refractivity contribution in [2.45, 2.75) is 6.42 Å². The van der Waals surface area contributed by atoms with Crippen LogP contribution in [-0.4, -0.2) is 41.5 Å². The number of hydrogen-bond acceptors (Lipinski definition) is 6. The van der Waals surface area contributed by atoms with Crippen molar-refractivity contribution in [3.8, 4) is 0 Å². The molecule has 0 amide bonds. The first-order valence-electron chi connectivity index (χ1n) is 9.08. The number of aromatic nitrogens is 3. The highest BCUT2D eigenvalue weighted by atomic mass is 19.1. The summed E-state index contributed by atoms with van der Waals surface area (Å²) in [6, 6.07) is 13.8. The van der Waals surface area contributed by atoms with E-state index < -0.39 is 0 Å². The molecule has 0 radical (unpaired) electrons. The third kappa shape index (κ3) is 4.17. The third-order valence-corrected chi connectivity index (χ3v) is 4.56. The molecule has 1 aromatic heterocycles. The van der Waals surface area contributed by atoms with Crippen LogP contribution in [0.4, 0.5) is 21.7 Å². The predicted molar refractivity (Wildman–Crippen MR) is 105 cm³/mol. The second-order valence-corrected chi connectivity index (χ2v) is 6.49. The largest absolute Gasteiger partial charge is 0.378 e. The number of nitrogens with zero attached hydrogens (tertiary/aromatic N) is 3. The first-order valence-corrected chi connectivity index (χ1v) is 9.08. The Balaban J connectivity index is 1.52. The van der Waals surface area contributed by atoms with Gasteiger partial charge in [-0.25, -0.2) is 4.39 Å². The maximum absolute atomic E-state index is 13.0. The minimum Gasteiger partial charge on any atom is -0.378 e. The molecule has 2 heterocycles. The lowest BCUT2D eigenvalue weighted by Gasteiger charge is -2.30. The van der Waals surface area contributed by atoms with Gasteiger partial charge in [-0.05, 0) is 29.8 Å². The summed E-state index contributed by atoms with van der Waals surface area (Å²) in [6.07, 6.45) is 0.285. The van der Waals surface area contributed by atoms with Crippen LogP contribution in [0.3, 0.4) is 0 Å². The number of ether oxygens (including phenoxy) is 1. The lowest BCUT2D eigenvalue weighted by Crippen LogP contribution is -2.36. The predicted octanol–water partition coefficient (Wildman–Crippen LogP) is 2.48. The smallest absolute Gasteiger partial charge is 0.274 e. The van der Waals surface area contributed by atoms with E-state index in [-0.39, 0.29) is 29.4 Å². The average Bonchev–Trinajstić information content (AvgIpc) is 2.73. The Hall–Kier alpha value is -3.26. The normalized spacial score (nSPS) is 14.1. The van der Waals surface area contributed by atoms with Gasteiger partial charge in [0.15, 0.2) is 0 Å². The van der Waals surface area contributed by atoms with Crippen LogP contribution < -0.4 is 15.8 Å². The molecule has 0 atom stereocenters. The van der Waals surface area contributed by atoms with E-state index in [9.17, 15) is 9.18 Å². The van der Waals surface area contributed by atoms with Crippen molar-refractivity contribution < 1.29 is 9.13 Å². The molecule has 1 fully saturated rings. The summed E-state index contributed by atoms with van der Waals surface area (Å²) in [6.45, 7) is 2.97. The second-order valence-electron chi connectivity index (χ2n) is 6.49. The molecule has 4 rings (SSSR count). The van der Waals surface area contributed by atoms with Gasteiger partial charge in [0.25, 0.3) is 5.56 Å². The van der Waals surface area contributed by atoms with Crippen molar-refractivity contribution in [1.82, 2.24) is 15.2 Å². The average molecular weight is 381 g/mol. The molecular weight excluding hydrogens is 361 g/mol. The van der Waals surface area contributed by atoms with E-state index in [4.69, 9.17) is 4.74 Å². The second kappa shape index (κ2) is 8.18. The highest BCUT2D eigenvalue weighted by Crippen LogP contribution is 2.27. The summed E-state index contributed by atoms with van der Waals surface area (Å²) in [4.78, 5) is 17.3. The van der Waals surface area contributed by atoms with Gasteiger partial charge in [0, 0.05) is 19.5 Å². The lowest BCUT2D eigenvalue weighted by molar-refractivity contribution is 0.123. The van der Waals surface area contributed by atoms with Crippen LogP contribution in [-0.2, 0) is 11.2 Å². The van der Waals surface area contributed by atoms with Crippen molar-refractivity contribution in [3.63, 3.8) is 0 Å². The van der Waals surface area contributed by atoms with Gasteiger partial charge in [0.05, 0.1) is 24.6 Å². The molecule has 8 heteroatoms. The Labute approximate surface area is 161 Å². The first kappa shape index (κ1) is 18.1. The molecule has 0 bridgehead atoms. The fourth-order valence-corrected chi connectivity index (χ4v) is 3.11. The maximum Gasteiger partial charge on any atom is 0.274 e. The molecule has 144 valence electrons. The number of morpholine rings is 1. The van der Waals surface area contributed by atoms with E-state index in [1.165, 1.54) is 12.1 Å². The first-order chi connectivity index (χ1) is 13.7. The Morgan fingerprint density at radius 2 is 1.82 bits per heavy atom. The highest BCUT2D eigenvalue weighted by molar-refractivity contribution is 5.73. The number of halogens is 1. The van der Waals surface area contributed by atoms with Crippen molar-refractivity contribution in [3.05, 3.63) is 76.0 Å². The highest BCUT2D eigenvalue weighted by Gasteiger charge is 2.15. The SMILES string of the molecule is O=c1[nH]c(Nc2ccccc2N2CCOCC2)nnc1Cc1ccc(F)cc1. The zero-order valence-electron chi connectivity index (χ0n) is 15.2. The number of hydrogen-bond donors (Lipinski definition) is 2. The number of aromatic amines is 1. The molecule has 1 aliphatic rings. The molecule has 1 aliphatic heterocycles. The molecule has 0 unspecified atom stereocenters. The number of para-hydroxylation sites is 2. The quantitative estimate of drug-likeness (QED) is 0.707. The van der Waals surface area contributed by atoms with Crippen LogP contribution in [0.5, 0.6) is 0 Å². The standard InChI is InChI=1S/C20H20FN5O2/c21-15-7-5-14(6-8-15)13-17-19(27)23-20(25-24-17)22-16-3-1-2-4-18(16)26-9-11-28-12-10-26/h1-8H,9-13H2,(H2,22,23,25,27). The van der Waals surface area contributed by atoms with Crippen molar-refractivity contribution in [1.29, 1.82) is 0 Å². The van der Waals surface area contributed by atoms with Crippen LogP contribution in [0, 0.1) is 5.82 Å². The van der Waals surface area contributed by atoms with E-state index in [1.54, 1.807) is 12.1 Å². The maximum atomic E-state index is 13.0. The number of benzene rings is 2. The molecule has 2 N–H and O–H groups in total. The van der Waals surface area contributed by atoms with E-state index in [0.29, 0.717) is 13.2 Å². The van der Waals surface area contributed by atoms with Gasteiger partial charge < -0.3 is 15.0 Å². The van der Waals surface area contributed by atoms with E-state index in [2.05, 4.69) is 25.4 Å². The van der Waals surface area contributed by atoms with Crippen LogP contribution in [0.15, 0.2) is 53.3 Å². The Kier molecular flexibility index (Phi) is 5.29. The molecule has 0 aliphatic carbocycles. The van der Waals surface area contributed by atoms with Crippen molar-refractivity contribution in [2.75, 3.05) is 36.5 Å². The van der Waals surface area contributed by atoms with Gasteiger partial charge >= 0.3 is 0 Å². The van der Waals surface area contributed by atoms with Crippen molar-refractivity contribution in [2.24, 2.45) is 0 Å². The number of rotatable bonds is 5. The fourth-order valence-electron chi connectivity index (χ4n) is 3.11. The Bertz CT molecular complexity index is 1000. The summed E-state index contributed by atoms with van der Waals surface area (Å²) in [5.41, 5.74) is 2.59. The zero-order valence-corrected chi connectivity index (χ0v) is 15.2. The van der Waals surface area contributed by atoms with Gasteiger partial charge in [-0.1, -0.05) is 24.3 Å². The van der Waals surface area contributed by atoms with E-state index in [1.807, 2.05) is 24.3 Å². The summed E-state index contributed by atoms with van der Waals surface area (Å²) in [7, 11) is 0. The number of H-pyrrole nitrogens is 1. The Morgan fingerprint density at radius 3 is 2.57 bits per heavy atom. The zero-order chi connectivity index (χ0) is 19.3. The molecular formula is C20H20FN5O2.